The Morgan fingerprint density at radius 3 is 2.66 bits per heavy atom. The van der Waals surface area contributed by atoms with Crippen LogP contribution in [0.25, 0.3) is 5.69 Å². The fourth-order valence-electron chi connectivity index (χ4n) is 3.18. The van der Waals surface area contributed by atoms with Gasteiger partial charge in [-0.25, -0.2) is 22.2 Å². The van der Waals surface area contributed by atoms with Gasteiger partial charge in [0.25, 0.3) is 5.91 Å². The average Bonchev–Trinajstić information content (AvgIpc) is 3.05. The second kappa shape index (κ2) is 7.71. The Morgan fingerprint density at radius 2 is 2.03 bits per heavy atom. The molecule has 13 heteroatoms. The van der Waals surface area contributed by atoms with Crippen LogP contribution in [0.5, 0.6) is 0 Å². The van der Waals surface area contributed by atoms with E-state index in [-0.39, 0.29) is 18.8 Å². The Kier molecular flexibility index (Phi) is 5.63. The van der Waals surface area contributed by atoms with Crippen LogP contribution in [-0.2, 0) is 16.2 Å². The van der Waals surface area contributed by atoms with E-state index < -0.39 is 45.4 Å². The van der Waals surface area contributed by atoms with Crippen molar-refractivity contribution in [3.8, 4) is 5.69 Å². The van der Waals surface area contributed by atoms with Crippen molar-refractivity contribution in [3.63, 3.8) is 0 Å². The highest BCUT2D eigenvalue weighted by atomic mass is 32.2. The number of nitrogens with zero attached hydrogens (tertiary/aromatic N) is 4. The molecule has 0 bridgehead atoms. The van der Waals surface area contributed by atoms with E-state index >= 15 is 0 Å². The zero-order valence-corrected chi connectivity index (χ0v) is 16.0. The molecular formula is C16H17F4N5O3S. The SMILES string of the molecule is CS(=O)(=O)NC1CCCN(C(=O)c2nnn(-c3cccc(F)c3)c2C(F)(F)F)C1. The number of halogens is 4. The van der Waals surface area contributed by atoms with Crippen LogP contribution in [0.15, 0.2) is 24.3 Å². The van der Waals surface area contributed by atoms with E-state index in [4.69, 9.17) is 0 Å². The van der Waals surface area contributed by atoms with Crippen molar-refractivity contribution in [2.45, 2.75) is 25.1 Å². The summed E-state index contributed by atoms with van der Waals surface area (Å²) in [5, 5.41) is 6.81. The fourth-order valence-corrected chi connectivity index (χ4v) is 3.98. The smallest absolute Gasteiger partial charge is 0.336 e. The number of aromatic nitrogens is 3. The highest BCUT2D eigenvalue weighted by Crippen LogP contribution is 2.33. The van der Waals surface area contributed by atoms with Gasteiger partial charge in [0.1, 0.15) is 5.82 Å². The predicted molar refractivity (Wildman–Crippen MR) is 93.2 cm³/mol. The number of piperidine rings is 1. The van der Waals surface area contributed by atoms with E-state index in [0.717, 1.165) is 23.3 Å². The van der Waals surface area contributed by atoms with Gasteiger partial charge < -0.3 is 4.90 Å². The summed E-state index contributed by atoms with van der Waals surface area (Å²) in [6.45, 7) is 0.0426. The van der Waals surface area contributed by atoms with E-state index in [1.165, 1.54) is 12.1 Å². The number of likely N-dealkylation sites (tertiary alicyclic amines) is 1. The van der Waals surface area contributed by atoms with Crippen LogP contribution in [0.3, 0.4) is 0 Å². The third kappa shape index (κ3) is 4.90. The molecular weight excluding hydrogens is 418 g/mol. The normalized spacial score (nSPS) is 18.1. The molecule has 3 rings (SSSR count). The molecule has 0 radical (unpaired) electrons. The van der Waals surface area contributed by atoms with E-state index in [0.29, 0.717) is 17.5 Å². The number of sulfonamides is 1. The molecule has 1 aliphatic heterocycles. The third-order valence-corrected chi connectivity index (χ3v) is 5.04. The summed E-state index contributed by atoms with van der Waals surface area (Å²) in [5.41, 5.74) is -2.59. The molecule has 0 saturated carbocycles. The summed E-state index contributed by atoms with van der Waals surface area (Å²) in [6, 6.07) is 3.69. The molecule has 1 atom stereocenters. The summed E-state index contributed by atoms with van der Waals surface area (Å²) < 4.78 is 80.1. The number of hydrogen-bond donors (Lipinski definition) is 1. The Balaban J connectivity index is 1.95. The maximum absolute atomic E-state index is 13.7. The molecule has 1 fully saturated rings. The van der Waals surface area contributed by atoms with Crippen LogP contribution in [0.4, 0.5) is 17.6 Å². The average molecular weight is 435 g/mol. The van der Waals surface area contributed by atoms with Gasteiger partial charge in [-0.15, -0.1) is 5.10 Å². The lowest BCUT2D eigenvalue weighted by atomic mass is 10.1. The number of rotatable bonds is 4. The molecule has 29 heavy (non-hydrogen) atoms. The molecule has 1 unspecified atom stereocenters. The fraction of sp³-hybridized carbons (Fsp3) is 0.438. The maximum atomic E-state index is 13.7. The molecule has 0 aliphatic carbocycles. The van der Waals surface area contributed by atoms with E-state index in [1.807, 2.05) is 0 Å². The minimum absolute atomic E-state index is 0.101. The first-order valence-corrected chi connectivity index (χ1v) is 10.4. The lowest BCUT2D eigenvalue weighted by molar-refractivity contribution is -0.143. The molecule has 1 N–H and O–H groups in total. The highest BCUT2D eigenvalue weighted by Gasteiger charge is 2.43. The van der Waals surface area contributed by atoms with Gasteiger partial charge >= 0.3 is 6.18 Å². The number of alkyl halides is 3. The lowest BCUT2D eigenvalue weighted by Crippen LogP contribution is -2.49. The van der Waals surface area contributed by atoms with Crippen molar-refractivity contribution in [1.29, 1.82) is 0 Å². The number of carbonyl (C=O) groups is 1. The van der Waals surface area contributed by atoms with Gasteiger partial charge in [-0.1, -0.05) is 11.3 Å². The van der Waals surface area contributed by atoms with Gasteiger partial charge in [-0.3, -0.25) is 4.79 Å². The quantitative estimate of drug-likeness (QED) is 0.736. The first-order chi connectivity index (χ1) is 13.5. The van der Waals surface area contributed by atoms with Crippen molar-refractivity contribution in [2.75, 3.05) is 19.3 Å². The summed E-state index contributed by atoms with van der Waals surface area (Å²) in [4.78, 5) is 13.8. The second-order valence-electron chi connectivity index (χ2n) is 6.66. The molecule has 1 aromatic heterocycles. The first-order valence-electron chi connectivity index (χ1n) is 8.51. The number of nitrogens with one attached hydrogen (secondary N) is 1. The van der Waals surface area contributed by atoms with Crippen LogP contribution in [0.1, 0.15) is 29.0 Å². The zero-order chi connectivity index (χ0) is 21.4. The molecule has 2 heterocycles. The predicted octanol–water partition coefficient (Wildman–Crippen LogP) is 1.58. The van der Waals surface area contributed by atoms with Crippen LogP contribution >= 0.6 is 0 Å². The number of benzene rings is 1. The summed E-state index contributed by atoms with van der Waals surface area (Å²) in [5.74, 6) is -1.80. The second-order valence-corrected chi connectivity index (χ2v) is 8.44. The number of carbonyl (C=O) groups excluding carboxylic acids is 1. The Morgan fingerprint density at radius 1 is 1.31 bits per heavy atom. The number of hydrogen-bond acceptors (Lipinski definition) is 5. The summed E-state index contributed by atoms with van der Waals surface area (Å²) in [7, 11) is -3.54. The molecule has 2 aromatic rings. The molecule has 1 aromatic carbocycles. The minimum Gasteiger partial charge on any atom is -0.336 e. The summed E-state index contributed by atoms with van der Waals surface area (Å²) in [6.07, 6.45) is -3.18. The molecule has 158 valence electrons. The van der Waals surface area contributed by atoms with E-state index in [1.54, 1.807) is 0 Å². The Hall–Kier alpha value is -2.54. The van der Waals surface area contributed by atoms with Crippen LogP contribution < -0.4 is 4.72 Å². The monoisotopic (exact) mass is 435 g/mol. The van der Waals surface area contributed by atoms with Gasteiger partial charge in [-0.05, 0) is 31.0 Å². The highest BCUT2D eigenvalue weighted by molar-refractivity contribution is 7.88. The largest absolute Gasteiger partial charge is 0.435 e. The van der Waals surface area contributed by atoms with Crippen molar-refractivity contribution in [2.24, 2.45) is 0 Å². The van der Waals surface area contributed by atoms with Crippen LogP contribution in [0.2, 0.25) is 0 Å². The molecule has 1 aliphatic rings. The van der Waals surface area contributed by atoms with Gasteiger partial charge in [0.15, 0.2) is 11.4 Å². The standard InChI is InChI=1S/C16H17F4N5O3S/c1-29(27,28)22-11-5-3-7-24(9-11)15(26)13-14(16(18,19)20)25(23-21-13)12-6-2-4-10(17)8-12/h2,4,6,8,11,22H,3,5,7,9H2,1H3. The molecule has 1 amide bonds. The van der Waals surface area contributed by atoms with E-state index in [9.17, 15) is 30.8 Å². The van der Waals surface area contributed by atoms with Crippen molar-refractivity contribution >= 4 is 15.9 Å². The zero-order valence-electron chi connectivity index (χ0n) is 15.1. The van der Waals surface area contributed by atoms with Crippen LogP contribution in [-0.4, -0.2) is 59.6 Å². The third-order valence-electron chi connectivity index (χ3n) is 4.28. The summed E-state index contributed by atoms with van der Waals surface area (Å²) >= 11 is 0. The first kappa shape index (κ1) is 21.2. The molecule has 1 saturated heterocycles. The molecule has 0 spiro atoms. The van der Waals surface area contributed by atoms with Crippen molar-refractivity contribution in [3.05, 3.63) is 41.5 Å². The van der Waals surface area contributed by atoms with Gasteiger partial charge in [-0.2, -0.15) is 13.2 Å². The lowest BCUT2D eigenvalue weighted by Gasteiger charge is -2.32. The Labute approximate surface area is 163 Å². The van der Waals surface area contributed by atoms with Gasteiger partial charge in [0.05, 0.1) is 11.9 Å². The van der Waals surface area contributed by atoms with Crippen molar-refractivity contribution < 1.29 is 30.8 Å². The maximum Gasteiger partial charge on any atom is 0.435 e. The van der Waals surface area contributed by atoms with Crippen LogP contribution in [0, 0.1) is 5.82 Å². The molecule has 8 nitrogen and oxygen atoms in total. The van der Waals surface area contributed by atoms with Gasteiger partial charge in [0.2, 0.25) is 10.0 Å². The minimum atomic E-state index is -4.99. The van der Waals surface area contributed by atoms with Gasteiger partial charge in [0, 0.05) is 19.1 Å². The number of amides is 1. The van der Waals surface area contributed by atoms with Crippen molar-refractivity contribution in [1.82, 2.24) is 24.6 Å². The van der Waals surface area contributed by atoms with E-state index in [2.05, 4.69) is 15.0 Å². The Bertz CT molecular complexity index is 1020. The topological polar surface area (TPSA) is 97.2 Å².